The Balaban J connectivity index is 1.44. The average Bonchev–Trinajstić information content (AvgIpc) is 3.09. The number of likely N-dealkylation sites (tertiary alicyclic amines) is 2. The summed E-state index contributed by atoms with van der Waals surface area (Å²) in [5.74, 6) is -0.243. The molecule has 2 aliphatic heterocycles. The summed E-state index contributed by atoms with van der Waals surface area (Å²) in [7, 11) is 1.80. The molecule has 0 saturated carbocycles. The Morgan fingerprint density at radius 2 is 1.69 bits per heavy atom. The van der Waals surface area contributed by atoms with Gasteiger partial charge in [0.15, 0.2) is 0 Å². The predicted molar refractivity (Wildman–Crippen MR) is 192 cm³/mol. The van der Waals surface area contributed by atoms with Gasteiger partial charge in [0.1, 0.15) is 0 Å². The van der Waals surface area contributed by atoms with Crippen molar-refractivity contribution in [2.45, 2.75) is 78.6 Å². The van der Waals surface area contributed by atoms with E-state index in [0.717, 1.165) is 85.5 Å². The van der Waals surface area contributed by atoms with E-state index in [4.69, 9.17) is 4.74 Å². The van der Waals surface area contributed by atoms with Gasteiger partial charge in [0.2, 0.25) is 5.91 Å². The van der Waals surface area contributed by atoms with Crippen molar-refractivity contribution in [2.75, 3.05) is 44.7 Å². The molecular weight excluding hydrogens is 602 g/mol. The van der Waals surface area contributed by atoms with Crippen LogP contribution in [-0.2, 0) is 22.6 Å². The second kappa shape index (κ2) is 15.8. The second-order valence-electron chi connectivity index (χ2n) is 13.2. The number of nitrogens with one attached hydrogen (secondary N) is 2. The molecule has 2 aliphatic rings. The Morgan fingerprint density at radius 3 is 2.29 bits per heavy atom. The maximum atomic E-state index is 13.9. The molecule has 5 rings (SSSR count). The highest BCUT2D eigenvalue weighted by atomic mass is 16.5. The fourth-order valence-electron chi connectivity index (χ4n) is 7.28. The molecule has 2 amide bonds. The number of hydrogen-bond acceptors (Lipinski definition) is 6. The summed E-state index contributed by atoms with van der Waals surface area (Å²) < 4.78 is 5.54. The minimum Gasteiger partial charge on any atom is -0.381 e. The molecule has 0 atom stereocenters. The molecule has 256 valence electrons. The molecule has 2 saturated heterocycles. The third-order valence-electron chi connectivity index (χ3n) is 10.1. The van der Waals surface area contributed by atoms with E-state index in [9.17, 15) is 14.4 Å². The summed E-state index contributed by atoms with van der Waals surface area (Å²) in [6, 6.07) is 15.0. The van der Waals surface area contributed by atoms with Crippen molar-refractivity contribution in [3.8, 4) is 11.1 Å². The fraction of sp³-hybridized carbons (Fsp3) is 0.462. The molecule has 48 heavy (non-hydrogen) atoms. The number of H-pyrrole nitrogens is 1. The Morgan fingerprint density at radius 1 is 1.00 bits per heavy atom. The van der Waals surface area contributed by atoms with Crippen molar-refractivity contribution in [3.05, 3.63) is 99.0 Å². The first-order chi connectivity index (χ1) is 23.1. The molecule has 0 aliphatic carbocycles. The number of aromatic amines is 1. The zero-order valence-electron chi connectivity index (χ0n) is 29.2. The smallest absolute Gasteiger partial charge is 0.253 e. The lowest BCUT2D eigenvalue weighted by Gasteiger charge is -2.40. The second-order valence-corrected chi connectivity index (χ2v) is 13.2. The van der Waals surface area contributed by atoms with Gasteiger partial charge in [-0.1, -0.05) is 30.8 Å². The number of benzene rings is 2. The van der Waals surface area contributed by atoms with E-state index < -0.39 is 0 Å². The highest BCUT2D eigenvalue weighted by Crippen LogP contribution is 2.34. The number of pyridine rings is 1. The van der Waals surface area contributed by atoms with Gasteiger partial charge in [-0.2, -0.15) is 0 Å². The van der Waals surface area contributed by atoms with Gasteiger partial charge in [-0.25, -0.2) is 0 Å². The average molecular weight is 654 g/mol. The number of carbonyl (C=O) groups is 2. The number of aromatic nitrogens is 1. The summed E-state index contributed by atoms with van der Waals surface area (Å²) in [6.45, 7) is 16.8. The van der Waals surface area contributed by atoms with Crippen molar-refractivity contribution >= 4 is 17.5 Å². The highest BCUT2D eigenvalue weighted by Gasteiger charge is 2.28. The first-order valence-corrected chi connectivity index (χ1v) is 17.3. The zero-order chi connectivity index (χ0) is 34.4. The van der Waals surface area contributed by atoms with Gasteiger partial charge in [0.25, 0.3) is 11.5 Å². The lowest BCUT2D eigenvalue weighted by Crippen LogP contribution is -2.46. The van der Waals surface area contributed by atoms with E-state index in [0.29, 0.717) is 30.3 Å². The summed E-state index contributed by atoms with van der Waals surface area (Å²) in [5, 5.41) is 3.04. The normalized spacial score (nSPS) is 16.1. The number of hydrogen-bond donors (Lipinski definition) is 2. The van der Waals surface area contributed by atoms with E-state index >= 15 is 0 Å². The number of carbonyl (C=O) groups excluding carboxylic acids is 2. The number of piperidine rings is 2. The number of amides is 2. The van der Waals surface area contributed by atoms with Crippen molar-refractivity contribution in [1.82, 2.24) is 20.1 Å². The first-order valence-electron chi connectivity index (χ1n) is 17.3. The molecule has 0 unspecified atom stereocenters. The van der Waals surface area contributed by atoms with Gasteiger partial charge in [-0.05, 0) is 105 Å². The fourth-order valence-corrected chi connectivity index (χ4v) is 7.28. The van der Waals surface area contributed by atoms with Gasteiger partial charge in [-0.3, -0.25) is 19.3 Å². The number of ether oxygens (including phenoxy) is 1. The van der Waals surface area contributed by atoms with Crippen molar-refractivity contribution in [3.63, 3.8) is 0 Å². The van der Waals surface area contributed by atoms with E-state index in [1.165, 1.54) is 11.6 Å². The molecule has 0 bridgehead atoms. The standard InChI is InChI=1S/C39H51N5O4/c1-7-37(45)43-19-13-32(14-20-43)44(8-2)36-23-31(30-11-9-29(10-12-30)25-42-17-15-33(48-6)16-18-42)22-34(28(36)5)38(46)40-24-35-26(3)21-27(4)41-39(35)47/h7,9-12,21-23,32-33H,1,8,13-20,24-25H2,2-6H3,(H,40,46)(H,41,47). The lowest BCUT2D eigenvalue weighted by molar-refractivity contribution is -0.127. The Kier molecular flexibility index (Phi) is 11.5. The minimum atomic E-state index is -0.214. The highest BCUT2D eigenvalue weighted by molar-refractivity contribution is 5.99. The SMILES string of the molecule is C=CC(=O)N1CCC(N(CC)c2cc(-c3ccc(CN4CCC(OC)CC4)cc3)cc(C(=O)NCc3c(C)cc(C)[nH]c3=O)c2C)CC1. The zero-order valence-corrected chi connectivity index (χ0v) is 29.2. The van der Waals surface area contributed by atoms with E-state index in [-0.39, 0.29) is 30.0 Å². The molecule has 1 aromatic heterocycles. The monoisotopic (exact) mass is 653 g/mol. The van der Waals surface area contributed by atoms with Crippen LogP contribution >= 0.6 is 0 Å². The number of aryl methyl sites for hydroxylation is 2. The molecule has 2 aromatic carbocycles. The Hall–Kier alpha value is -4.21. The van der Waals surface area contributed by atoms with E-state index in [1.807, 2.05) is 37.8 Å². The van der Waals surface area contributed by atoms with Crippen LogP contribution in [0.4, 0.5) is 5.69 Å². The molecule has 9 nitrogen and oxygen atoms in total. The maximum Gasteiger partial charge on any atom is 0.253 e. The van der Waals surface area contributed by atoms with Crippen LogP contribution in [0.25, 0.3) is 11.1 Å². The molecular formula is C39H51N5O4. The van der Waals surface area contributed by atoms with Crippen LogP contribution in [0.5, 0.6) is 0 Å². The molecule has 3 heterocycles. The summed E-state index contributed by atoms with van der Waals surface area (Å²) in [4.78, 5) is 48.4. The van der Waals surface area contributed by atoms with Gasteiger partial charge < -0.3 is 24.8 Å². The Labute approximate surface area is 285 Å². The summed E-state index contributed by atoms with van der Waals surface area (Å²) >= 11 is 0. The van der Waals surface area contributed by atoms with Crippen LogP contribution in [0.1, 0.15) is 70.9 Å². The topological polar surface area (TPSA) is 98.0 Å². The van der Waals surface area contributed by atoms with Crippen LogP contribution in [0.2, 0.25) is 0 Å². The van der Waals surface area contributed by atoms with E-state index in [1.54, 1.807) is 7.11 Å². The third kappa shape index (κ3) is 8.08. The van der Waals surface area contributed by atoms with Crippen LogP contribution in [0, 0.1) is 20.8 Å². The molecule has 9 heteroatoms. The summed E-state index contributed by atoms with van der Waals surface area (Å²) in [6.07, 6.45) is 5.53. The van der Waals surface area contributed by atoms with Gasteiger partial charge in [0, 0.05) is 81.5 Å². The van der Waals surface area contributed by atoms with Crippen LogP contribution < -0.4 is 15.8 Å². The van der Waals surface area contributed by atoms with Crippen LogP contribution in [0.15, 0.2) is 59.9 Å². The minimum absolute atomic E-state index is 0.0285. The van der Waals surface area contributed by atoms with Gasteiger partial charge in [0.05, 0.1) is 6.10 Å². The van der Waals surface area contributed by atoms with Crippen LogP contribution in [-0.4, -0.2) is 78.6 Å². The molecule has 3 aromatic rings. The van der Waals surface area contributed by atoms with Gasteiger partial charge >= 0.3 is 0 Å². The summed E-state index contributed by atoms with van der Waals surface area (Å²) in [5.41, 5.74) is 7.79. The van der Waals surface area contributed by atoms with E-state index in [2.05, 4.69) is 63.9 Å². The Bertz CT molecular complexity index is 1660. The number of anilines is 1. The third-order valence-corrected chi connectivity index (χ3v) is 10.1. The molecule has 0 radical (unpaired) electrons. The largest absolute Gasteiger partial charge is 0.381 e. The van der Waals surface area contributed by atoms with Crippen molar-refractivity contribution in [2.24, 2.45) is 0 Å². The number of nitrogens with zero attached hydrogens (tertiary/aromatic N) is 3. The maximum absolute atomic E-state index is 13.9. The van der Waals surface area contributed by atoms with Crippen molar-refractivity contribution < 1.29 is 14.3 Å². The van der Waals surface area contributed by atoms with Crippen molar-refractivity contribution in [1.29, 1.82) is 0 Å². The molecule has 2 N–H and O–H groups in total. The lowest BCUT2D eigenvalue weighted by atomic mass is 9.94. The first kappa shape index (κ1) is 35.1. The number of methoxy groups -OCH3 is 1. The predicted octanol–water partition coefficient (Wildman–Crippen LogP) is 5.51. The number of rotatable bonds is 11. The quantitative estimate of drug-likeness (QED) is 0.265. The molecule has 0 spiro atoms. The van der Waals surface area contributed by atoms with Crippen LogP contribution in [0.3, 0.4) is 0 Å². The van der Waals surface area contributed by atoms with Gasteiger partial charge in [-0.15, -0.1) is 0 Å². The molecule has 2 fully saturated rings.